The molecule has 2 atom stereocenters. The Morgan fingerprint density at radius 2 is 1.45 bits per heavy atom. The Hall–Kier alpha value is -1.64. The molecule has 2 aromatic carbocycles. The summed E-state index contributed by atoms with van der Waals surface area (Å²) in [6, 6.07) is 20.4. The summed E-state index contributed by atoms with van der Waals surface area (Å²) in [5.74, 6) is 0.740. The molecule has 2 aromatic rings. The molecule has 1 saturated carbocycles. The van der Waals surface area contributed by atoms with Gasteiger partial charge in [-0.05, 0) is 29.9 Å². The van der Waals surface area contributed by atoms with Crippen LogP contribution in [-0.4, -0.2) is 6.61 Å². The van der Waals surface area contributed by atoms with E-state index in [4.69, 9.17) is 10.5 Å². The van der Waals surface area contributed by atoms with Gasteiger partial charge in [-0.15, -0.1) is 0 Å². The van der Waals surface area contributed by atoms with E-state index >= 15 is 0 Å². The SMILES string of the molecule is NC(c1ccccc1)C(OCC1CC1)c1ccccc1. The molecule has 0 saturated heterocycles. The molecule has 0 spiro atoms. The molecule has 1 aliphatic rings. The van der Waals surface area contributed by atoms with Crippen LogP contribution >= 0.6 is 0 Å². The molecule has 1 aliphatic carbocycles. The predicted octanol–water partition coefficient (Wildman–Crippen LogP) is 3.85. The van der Waals surface area contributed by atoms with Gasteiger partial charge in [0.2, 0.25) is 0 Å². The van der Waals surface area contributed by atoms with Crippen LogP contribution < -0.4 is 5.73 Å². The maximum absolute atomic E-state index is 6.45. The number of nitrogens with two attached hydrogens (primary N) is 1. The van der Waals surface area contributed by atoms with Crippen LogP contribution in [0.15, 0.2) is 60.7 Å². The third kappa shape index (κ3) is 3.27. The van der Waals surface area contributed by atoms with Gasteiger partial charge in [-0.25, -0.2) is 0 Å². The summed E-state index contributed by atoms with van der Waals surface area (Å²) in [5.41, 5.74) is 8.73. The molecule has 0 amide bonds. The Labute approximate surface area is 120 Å². The van der Waals surface area contributed by atoms with Crippen LogP contribution in [0.2, 0.25) is 0 Å². The molecule has 104 valence electrons. The van der Waals surface area contributed by atoms with Crippen LogP contribution in [-0.2, 0) is 4.74 Å². The zero-order valence-corrected chi connectivity index (χ0v) is 11.6. The van der Waals surface area contributed by atoms with E-state index in [0.29, 0.717) is 0 Å². The molecule has 1 fully saturated rings. The van der Waals surface area contributed by atoms with Gasteiger partial charge >= 0.3 is 0 Å². The first-order valence-electron chi connectivity index (χ1n) is 7.31. The highest BCUT2D eigenvalue weighted by molar-refractivity contribution is 5.26. The Morgan fingerprint density at radius 1 is 0.900 bits per heavy atom. The summed E-state index contributed by atoms with van der Waals surface area (Å²) in [6.45, 7) is 0.820. The van der Waals surface area contributed by atoms with Gasteiger partial charge < -0.3 is 10.5 Å². The molecular formula is C18H21NO. The molecule has 2 unspecified atom stereocenters. The fraction of sp³-hybridized carbons (Fsp3) is 0.333. The molecular weight excluding hydrogens is 246 g/mol. The van der Waals surface area contributed by atoms with Crippen molar-refractivity contribution in [2.45, 2.75) is 25.0 Å². The minimum Gasteiger partial charge on any atom is -0.371 e. The van der Waals surface area contributed by atoms with Crippen LogP contribution in [0.3, 0.4) is 0 Å². The van der Waals surface area contributed by atoms with Crippen molar-refractivity contribution < 1.29 is 4.74 Å². The van der Waals surface area contributed by atoms with Crippen molar-refractivity contribution in [2.75, 3.05) is 6.61 Å². The van der Waals surface area contributed by atoms with Crippen LogP contribution in [0, 0.1) is 5.92 Å². The van der Waals surface area contributed by atoms with Crippen LogP contribution in [0.4, 0.5) is 0 Å². The third-order valence-corrected chi connectivity index (χ3v) is 3.85. The summed E-state index contributed by atoms with van der Waals surface area (Å²) in [4.78, 5) is 0. The molecule has 0 bridgehead atoms. The molecule has 2 nitrogen and oxygen atoms in total. The van der Waals surface area contributed by atoms with E-state index < -0.39 is 0 Å². The van der Waals surface area contributed by atoms with E-state index in [0.717, 1.165) is 23.7 Å². The lowest BCUT2D eigenvalue weighted by molar-refractivity contribution is 0.0272. The Balaban J connectivity index is 1.80. The second kappa shape index (κ2) is 6.21. The Bertz CT molecular complexity index is 522. The normalized spacial score (nSPS) is 17.6. The summed E-state index contributed by atoms with van der Waals surface area (Å²) in [5, 5.41) is 0. The van der Waals surface area contributed by atoms with Gasteiger partial charge in [0.05, 0.1) is 12.6 Å². The molecule has 2 heteroatoms. The van der Waals surface area contributed by atoms with Crippen molar-refractivity contribution in [1.29, 1.82) is 0 Å². The molecule has 0 radical (unpaired) electrons. The number of hydrogen-bond acceptors (Lipinski definition) is 2. The zero-order valence-electron chi connectivity index (χ0n) is 11.6. The summed E-state index contributed by atoms with van der Waals surface area (Å²) in [6.07, 6.45) is 2.52. The van der Waals surface area contributed by atoms with Crippen molar-refractivity contribution in [2.24, 2.45) is 11.7 Å². The lowest BCUT2D eigenvalue weighted by Crippen LogP contribution is -2.23. The maximum atomic E-state index is 6.45. The van der Waals surface area contributed by atoms with E-state index in [1.54, 1.807) is 0 Å². The van der Waals surface area contributed by atoms with E-state index in [9.17, 15) is 0 Å². The van der Waals surface area contributed by atoms with E-state index in [-0.39, 0.29) is 12.1 Å². The Kier molecular flexibility index (Phi) is 4.14. The van der Waals surface area contributed by atoms with Gasteiger partial charge in [0, 0.05) is 0 Å². The molecule has 0 heterocycles. The van der Waals surface area contributed by atoms with Crippen molar-refractivity contribution in [1.82, 2.24) is 0 Å². The summed E-state index contributed by atoms with van der Waals surface area (Å²) < 4.78 is 6.14. The monoisotopic (exact) mass is 267 g/mol. The highest BCUT2D eigenvalue weighted by atomic mass is 16.5. The van der Waals surface area contributed by atoms with E-state index in [2.05, 4.69) is 24.3 Å². The first-order valence-corrected chi connectivity index (χ1v) is 7.31. The summed E-state index contributed by atoms with van der Waals surface area (Å²) in [7, 11) is 0. The fourth-order valence-corrected chi connectivity index (χ4v) is 2.42. The minimum absolute atomic E-state index is 0.0702. The number of rotatable bonds is 6. The van der Waals surface area contributed by atoms with Gasteiger partial charge in [-0.2, -0.15) is 0 Å². The molecule has 2 N–H and O–H groups in total. The number of benzene rings is 2. The summed E-state index contributed by atoms with van der Waals surface area (Å²) >= 11 is 0. The van der Waals surface area contributed by atoms with Crippen molar-refractivity contribution in [3.8, 4) is 0 Å². The maximum Gasteiger partial charge on any atom is 0.102 e. The van der Waals surface area contributed by atoms with Crippen LogP contribution in [0.25, 0.3) is 0 Å². The molecule has 0 aliphatic heterocycles. The topological polar surface area (TPSA) is 35.2 Å². The fourth-order valence-electron chi connectivity index (χ4n) is 2.42. The highest BCUT2D eigenvalue weighted by Crippen LogP contribution is 2.35. The smallest absolute Gasteiger partial charge is 0.102 e. The van der Waals surface area contributed by atoms with Crippen molar-refractivity contribution >= 4 is 0 Å². The first-order chi connectivity index (χ1) is 9.84. The molecule has 3 rings (SSSR count). The lowest BCUT2D eigenvalue weighted by Gasteiger charge is -2.25. The zero-order chi connectivity index (χ0) is 13.8. The first kappa shape index (κ1) is 13.3. The largest absolute Gasteiger partial charge is 0.371 e. The minimum atomic E-state index is -0.127. The van der Waals surface area contributed by atoms with E-state index in [1.807, 2.05) is 36.4 Å². The molecule has 0 aromatic heterocycles. The van der Waals surface area contributed by atoms with E-state index in [1.165, 1.54) is 12.8 Å². The van der Waals surface area contributed by atoms with Gasteiger partial charge in [0.15, 0.2) is 0 Å². The predicted molar refractivity (Wildman–Crippen MR) is 81.2 cm³/mol. The average Bonchev–Trinajstić information content (AvgIpc) is 3.33. The Morgan fingerprint density at radius 3 is 2.00 bits per heavy atom. The van der Waals surface area contributed by atoms with Crippen LogP contribution in [0.5, 0.6) is 0 Å². The van der Waals surface area contributed by atoms with Gasteiger partial charge in [-0.3, -0.25) is 0 Å². The lowest BCUT2D eigenvalue weighted by atomic mass is 9.96. The third-order valence-electron chi connectivity index (χ3n) is 3.85. The van der Waals surface area contributed by atoms with Crippen LogP contribution in [0.1, 0.15) is 36.1 Å². The second-order valence-electron chi connectivity index (χ2n) is 5.54. The number of hydrogen-bond donors (Lipinski definition) is 1. The second-order valence-corrected chi connectivity index (χ2v) is 5.54. The quantitative estimate of drug-likeness (QED) is 0.862. The number of ether oxygens (including phenoxy) is 1. The van der Waals surface area contributed by atoms with Gasteiger partial charge in [-0.1, -0.05) is 60.7 Å². The van der Waals surface area contributed by atoms with Crippen molar-refractivity contribution in [3.05, 3.63) is 71.8 Å². The molecule has 20 heavy (non-hydrogen) atoms. The van der Waals surface area contributed by atoms with Gasteiger partial charge in [0.25, 0.3) is 0 Å². The average molecular weight is 267 g/mol. The standard InChI is InChI=1S/C18H21NO/c19-17(15-7-3-1-4-8-15)18(20-13-14-11-12-14)16-9-5-2-6-10-16/h1-10,14,17-18H,11-13,19H2. The van der Waals surface area contributed by atoms with Crippen molar-refractivity contribution in [3.63, 3.8) is 0 Å². The van der Waals surface area contributed by atoms with Gasteiger partial charge in [0.1, 0.15) is 6.10 Å². The highest BCUT2D eigenvalue weighted by Gasteiger charge is 2.27.